The third-order valence-electron chi connectivity index (χ3n) is 4.51. The first-order valence-corrected chi connectivity index (χ1v) is 8.06. The number of carbonyl (C=O) groups is 2. The van der Waals surface area contributed by atoms with E-state index in [-0.39, 0.29) is 6.54 Å². The van der Waals surface area contributed by atoms with Crippen LogP contribution in [0.5, 0.6) is 0 Å². The van der Waals surface area contributed by atoms with Crippen molar-refractivity contribution in [2.24, 2.45) is 17.3 Å². The van der Waals surface area contributed by atoms with Crippen LogP contribution in [0.2, 0.25) is 0 Å². The summed E-state index contributed by atoms with van der Waals surface area (Å²) >= 11 is 0. The SMILES string of the molecule is CC(C)(C)[C@@H](O)[C@@H]1C(=O)N(Cc2ccccc2)C(=O)C[C@H]1C(F)(F)F. The number of piperidine rings is 1. The standard InChI is InChI=1S/C18H22F3NO3/c1-17(2,3)15(24)14-12(18(19,20)21)9-13(23)22(16(14)25)10-11-7-5-4-6-8-11/h4-8,12,14-15,24H,9-10H2,1-3H3/t12-,14-,15+/m1/s1. The van der Waals surface area contributed by atoms with Crippen molar-refractivity contribution in [3.05, 3.63) is 35.9 Å². The first kappa shape index (κ1) is 19.4. The number of hydrogen-bond donors (Lipinski definition) is 1. The van der Waals surface area contributed by atoms with Crippen LogP contribution >= 0.6 is 0 Å². The van der Waals surface area contributed by atoms with Gasteiger partial charge >= 0.3 is 6.18 Å². The molecule has 1 aliphatic rings. The minimum absolute atomic E-state index is 0.101. The molecule has 0 aliphatic carbocycles. The van der Waals surface area contributed by atoms with Crippen molar-refractivity contribution >= 4 is 11.8 Å². The van der Waals surface area contributed by atoms with Gasteiger partial charge in [-0.1, -0.05) is 51.1 Å². The normalized spacial score (nSPS) is 23.7. The van der Waals surface area contributed by atoms with Crippen LogP contribution in [0, 0.1) is 17.3 Å². The van der Waals surface area contributed by atoms with Crippen LogP contribution in [-0.2, 0) is 16.1 Å². The zero-order valence-corrected chi connectivity index (χ0v) is 14.4. The zero-order chi connectivity index (χ0) is 19.0. The Hall–Kier alpha value is -1.89. The smallest absolute Gasteiger partial charge is 0.392 e. The summed E-state index contributed by atoms with van der Waals surface area (Å²) < 4.78 is 40.2. The Bertz CT molecular complexity index is 637. The van der Waals surface area contributed by atoms with E-state index in [0.29, 0.717) is 5.56 Å². The molecule has 1 saturated heterocycles. The maximum atomic E-state index is 13.4. The quantitative estimate of drug-likeness (QED) is 0.846. The van der Waals surface area contributed by atoms with Crippen LogP contribution in [0.3, 0.4) is 0 Å². The Balaban J connectivity index is 2.37. The third-order valence-corrected chi connectivity index (χ3v) is 4.51. The summed E-state index contributed by atoms with van der Waals surface area (Å²) in [7, 11) is 0. The second-order valence-electron chi connectivity index (χ2n) is 7.49. The molecular formula is C18H22F3NO3. The molecule has 0 saturated carbocycles. The van der Waals surface area contributed by atoms with E-state index in [0.717, 1.165) is 4.90 Å². The Morgan fingerprint density at radius 3 is 2.20 bits per heavy atom. The fourth-order valence-electron chi connectivity index (χ4n) is 3.05. The summed E-state index contributed by atoms with van der Waals surface area (Å²) in [6, 6.07) is 8.56. The van der Waals surface area contributed by atoms with E-state index in [9.17, 15) is 27.9 Å². The van der Waals surface area contributed by atoms with Crippen molar-refractivity contribution in [3.63, 3.8) is 0 Å². The van der Waals surface area contributed by atoms with Gasteiger partial charge < -0.3 is 5.11 Å². The highest BCUT2D eigenvalue weighted by molar-refractivity contribution is 5.99. The lowest BCUT2D eigenvalue weighted by Gasteiger charge is -2.42. The van der Waals surface area contributed by atoms with Crippen molar-refractivity contribution in [1.82, 2.24) is 4.90 Å². The Kier molecular flexibility index (Phi) is 5.27. The second kappa shape index (κ2) is 6.78. The van der Waals surface area contributed by atoms with Gasteiger partial charge in [-0.05, 0) is 11.0 Å². The molecule has 0 spiro atoms. The molecule has 0 aromatic heterocycles. The van der Waals surface area contributed by atoms with Crippen molar-refractivity contribution < 1.29 is 27.9 Å². The molecule has 2 rings (SSSR count). The van der Waals surface area contributed by atoms with E-state index in [4.69, 9.17) is 0 Å². The number of aliphatic hydroxyl groups is 1. The first-order valence-electron chi connectivity index (χ1n) is 8.06. The molecule has 1 aromatic rings. The highest BCUT2D eigenvalue weighted by Crippen LogP contribution is 2.44. The Morgan fingerprint density at radius 1 is 1.16 bits per heavy atom. The summed E-state index contributed by atoms with van der Waals surface area (Å²) in [4.78, 5) is 25.8. The average Bonchev–Trinajstić information content (AvgIpc) is 2.49. The average molecular weight is 357 g/mol. The number of likely N-dealkylation sites (tertiary alicyclic amines) is 1. The predicted octanol–water partition coefficient (Wildman–Crippen LogP) is 3.15. The van der Waals surface area contributed by atoms with Gasteiger partial charge in [-0.2, -0.15) is 13.2 Å². The molecule has 1 heterocycles. The number of nitrogens with zero attached hydrogens (tertiary/aromatic N) is 1. The summed E-state index contributed by atoms with van der Waals surface area (Å²) in [5.74, 6) is -5.70. The molecule has 1 aromatic carbocycles. The maximum absolute atomic E-state index is 13.4. The molecule has 4 nitrogen and oxygen atoms in total. The van der Waals surface area contributed by atoms with E-state index in [1.54, 1.807) is 51.1 Å². The summed E-state index contributed by atoms with van der Waals surface area (Å²) in [6.45, 7) is 4.60. The van der Waals surface area contributed by atoms with Gasteiger partial charge in [-0.3, -0.25) is 14.5 Å². The number of benzene rings is 1. The molecule has 1 N–H and O–H groups in total. The predicted molar refractivity (Wildman–Crippen MR) is 85.1 cm³/mol. The van der Waals surface area contributed by atoms with E-state index in [1.165, 1.54) is 0 Å². The van der Waals surface area contributed by atoms with Crippen LogP contribution in [0.25, 0.3) is 0 Å². The van der Waals surface area contributed by atoms with Gasteiger partial charge in [0.15, 0.2) is 0 Å². The minimum Gasteiger partial charge on any atom is -0.392 e. The van der Waals surface area contributed by atoms with Crippen LogP contribution in [0.1, 0.15) is 32.8 Å². The van der Waals surface area contributed by atoms with Gasteiger partial charge in [0.05, 0.1) is 24.5 Å². The van der Waals surface area contributed by atoms with Gasteiger partial charge in [0.25, 0.3) is 0 Å². The number of aliphatic hydroxyl groups excluding tert-OH is 1. The van der Waals surface area contributed by atoms with Crippen LogP contribution in [0.4, 0.5) is 13.2 Å². The monoisotopic (exact) mass is 357 g/mol. The molecule has 3 atom stereocenters. The maximum Gasteiger partial charge on any atom is 0.393 e. The van der Waals surface area contributed by atoms with Gasteiger partial charge in [-0.25, -0.2) is 0 Å². The van der Waals surface area contributed by atoms with Gasteiger partial charge in [0, 0.05) is 6.42 Å². The van der Waals surface area contributed by atoms with Crippen LogP contribution in [-0.4, -0.2) is 34.1 Å². The summed E-state index contributed by atoms with van der Waals surface area (Å²) in [5.41, 5.74) is -0.290. The van der Waals surface area contributed by atoms with E-state index in [1.807, 2.05) is 0 Å². The Labute approximate surface area is 144 Å². The highest BCUT2D eigenvalue weighted by atomic mass is 19.4. The summed E-state index contributed by atoms with van der Waals surface area (Å²) in [6.07, 6.45) is -7.08. The lowest BCUT2D eigenvalue weighted by atomic mass is 9.72. The minimum atomic E-state index is -4.74. The molecule has 0 bridgehead atoms. The van der Waals surface area contributed by atoms with Crippen LogP contribution in [0.15, 0.2) is 30.3 Å². The zero-order valence-electron chi connectivity index (χ0n) is 14.4. The lowest BCUT2D eigenvalue weighted by Crippen LogP contribution is -2.57. The summed E-state index contributed by atoms with van der Waals surface area (Å²) in [5, 5.41) is 10.4. The number of carbonyl (C=O) groups excluding carboxylic acids is 2. The second-order valence-corrected chi connectivity index (χ2v) is 7.49. The molecule has 138 valence electrons. The van der Waals surface area contributed by atoms with Crippen molar-refractivity contribution in [3.8, 4) is 0 Å². The number of hydrogen-bond acceptors (Lipinski definition) is 3. The number of halogens is 3. The molecule has 25 heavy (non-hydrogen) atoms. The molecule has 7 heteroatoms. The number of alkyl halides is 3. The first-order chi connectivity index (χ1) is 11.4. The number of rotatable bonds is 3. The largest absolute Gasteiger partial charge is 0.393 e. The van der Waals surface area contributed by atoms with Crippen molar-refractivity contribution in [1.29, 1.82) is 0 Å². The fourth-order valence-corrected chi connectivity index (χ4v) is 3.05. The van der Waals surface area contributed by atoms with E-state index < -0.39 is 47.8 Å². The molecule has 1 aliphatic heterocycles. The number of amides is 2. The molecular weight excluding hydrogens is 335 g/mol. The van der Waals surface area contributed by atoms with Gasteiger partial charge in [0.2, 0.25) is 11.8 Å². The molecule has 0 radical (unpaired) electrons. The fraction of sp³-hybridized carbons (Fsp3) is 0.556. The van der Waals surface area contributed by atoms with Gasteiger partial charge in [-0.15, -0.1) is 0 Å². The van der Waals surface area contributed by atoms with Crippen molar-refractivity contribution in [2.75, 3.05) is 0 Å². The lowest BCUT2D eigenvalue weighted by molar-refractivity contribution is -0.219. The Morgan fingerprint density at radius 2 is 1.72 bits per heavy atom. The topological polar surface area (TPSA) is 57.6 Å². The molecule has 2 amide bonds. The number of imide groups is 1. The van der Waals surface area contributed by atoms with E-state index >= 15 is 0 Å². The third kappa shape index (κ3) is 4.21. The van der Waals surface area contributed by atoms with Gasteiger partial charge in [0.1, 0.15) is 0 Å². The van der Waals surface area contributed by atoms with Crippen molar-refractivity contribution in [2.45, 2.75) is 46.0 Å². The highest BCUT2D eigenvalue weighted by Gasteiger charge is 2.57. The van der Waals surface area contributed by atoms with Crippen LogP contribution < -0.4 is 0 Å². The van der Waals surface area contributed by atoms with E-state index in [2.05, 4.69) is 0 Å². The molecule has 1 fully saturated rings. The molecule has 0 unspecified atom stereocenters.